The van der Waals surface area contributed by atoms with Gasteiger partial charge in [0.2, 0.25) is 5.82 Å². The normalized spacial score (nSPS) is 12.7. The summed E-state index contributed by atoms with van der Waals surface area (Å²) in [5, 5.41) is 15.3. The van der Waals surface area contributed by atoms with Crippen molar-refractivity contribution in [2.24, 2.45) is 0 Å². The van der Waals surface area contributed by atoms with Crippen LogP contribution in [0.1, 0.15) is 39.3 Å². The molecule has 0 heterocycles. The van der Waals surface area contributed by atoms with Gasteiger partial charge in [0, 0.05) is 17.3 Å². The zero-order valence-electron chi connectivity index (χ0n) is 17.5. The lowest BCUT2D eigenvalue weighted by atomic mass is 10.1. The topological polar surface area (TPSA) is 107 Å². The molecule has 0 spiro atoms. The predicted octanol–water partition coefficient (Wildman–Crippen LogP) is 3.18. The van der Waals surface area contributed by atoms with Gasteiger partial charge in [-0.05, 0) is 58.0 Å². The quantitative estimate of drug-likeness (QED) is 0.453. The van der Waals surface area contributed by atoms with Gasteiger partial charge in [-0.3, -0.25) is 14.9 Å². The number of anilines is 1. The van der Waals surface area contributed by atoms with Gasteiger partial charge in [-0.1, -0.05) is 0 Å². The molecule has 30 heavy (non-hydrogen) atoms. The number of nitrogens with one attached hydrogen (secondary N) is 1. The molecule has 0 aromatic heterocycles. The van der Waals surface area contributed by atoms with Gasteiger partial charge in [0.25, 0.3) is 5.91 Å². The van der Waals surface area contributed by atoms with Crippen molar-refractivity contribution in [2.75, 3.05) is 18.5 Å². The van der Waals surface area contributed by atoms with Gasteiger partial charge in [-0.2, -0.15) is 4.39 Å². The summed E-state index contributed by atoms with van der Waals surface area (Å²) < 4.78 is 24.7. The molecule has 0 aliphatic heterocycles. The van der Waals surface area contributed by atoms with Crippen LogP contribution in [0.2, 0.25) is 0 Å². The first kappa shape index (κ1) is 23.1. The lowest BCUT2D eigenvalue weighted by Crippen LogP contribution is -2.91. The van der Waals surface area contributed by atoms with Crippen LogP contribution in [0.3, 0.4) is 0 Å². The maximum atomic E-state index is 13.5. The van der Waals surface area contributed by atoms with E-state index in [1.54, 1.807) is 6.92 Å². The molecule has 0 aliphatic carbocycles. The highest BCUT2D eigenvalue weighted by Gasteiger charge is 2.23. The van der Waals surface area contributed by atoms with Gasteiger partial charge in [0.05, 0.1) is 18.1 Å². The van der Waals surface area contributed by atoms with E-state index >= 15 is 0 Å². The standard InChI is InChI=1S/C21H26FN3O5/c1-5-29-19-10-7-15(11-20(19)30-6-2)13(3)23-14(4)21(26)24-16-8-9-17(22)18(12-16)25(27)28/h7-14,23H,5-6H2,1-4H3,(H,24,26)/p+1/t13-,14+/m1/s1. The third-order valence-electron chi connectivity index (χ3n) is 4.49. The minimum atomic E-state index is -0.952. The zero-order chi connectivity index (χ0) is 22.3. The fourth-order valence-corrected chi connectivity index (χ4v) is 2.97. The summed E-state index contributed by atoms with van der Waals surface area (Å²) in [6.07, 6.45) is 0. The average molecular weight is 420 g/mol. The van der Waals surface area contributed by atoms with Crippen LogP contribution in [-0.2, 0) is 4.79 Å². The van der Waals surface area contributed by atoms with Gasteiger partial charge in [0.15, 0.2) is 17.5 Å². The highest BCUT2D eigenvalue weighted by atomic mass is 19.1. The maximum absolute atomic E-state index is 13.5. The van der Waals surface area contributed by atoms with Crippen molar-refractivity contribution >= 4 is 17.3 Å². The van der Waals surface area contributed by atoms with Crippen LogP contribution in [0.25, 0.3) is 0 Å². The second-order valence-electron chi connectivity index (χ2n) is 6.75. The van der Waals surface area contributed by atoms with E-state index in [0.717, 1.165) is 17.7 Å². The third kappa shape index (κ3) is 5.90. The Bertz CT molecular complexity index is 906. The van der Waals surface area contributed by atoms with Crippen LogP contribution in [0, 0.1) is 15.9 Å². The van der Waals surface area contributed by atoms with Crippen molar-refractivity contribution < 1.29 is 28.9 Å². The van der Waals surface area contributed by atoms with E-state index in [1.807, 2.05) is 44.3 Å². The van der Waals surface area contributed by atoms with Crippen LogP contribution in [0.15, 0.2) is 36.4 Å². The third-order valence-corrected chi connectivity index (χ3v) is 4.49. The molecular formula is C21H27FN3O5+. The van der Waals surface area contributed by atoms with Crippen molar-refractivity contribution in [1.29, 1.82) is 0 Å². The first-order valence-electron chi connectivity index (χ1n) is 9.76. The molecule has 2 aromatic carbocycles. The molecule has 0 bridgehead atoms. The molecule has 2 rings (SSSR count). The van der Waals surface area contributed by atoms with Crippen LogP contribution in [0.5, 0.6) is 11.5 Å². The largest absolute Gasteiger partial charge is 0.490 e. The highest BCUT2D eigenvalue weighted by Crippen LogP contribution is 2.30. The Hall–Kier alpha value is -3.20. The van der Waals surface area contributed by atoms with E-state index in [9.17, 15) is 19.3 Å². The first-order valence-corrected chi connectivity index (χ1v) is 9.76. The van der Waals surface area contributed by atoms with Gasteiger partial charge in [-0.15, -0.1) is 0 Å². The fourth-order valence-electron chi connectivity index (χ4n) is 2.97. The summed E-state index contributed by atoms with van der Waals surface area (Å²) in [6, 6.07) is 8.35. The molecule has 0 aliphatic rings. The van der Waals surface area contributed by atoms with Crippen molar-refractivity contribution in [3.8, 4) is 11.5 Å². The second kappa shape index (κ2) is 10.5. The van der Waals surface area contributed by atoms with E-state index in [1.165, 1.54) is 6.07 Å². The summed E-state index contributed by atoms with van der Waals surface area (Å²) in [7, 11) is 0. The second-order valence-corrected chi connectivity index (χ2v) is 6.75. The molecule has 0 saturated heterocycles. The molecule has 0 radical (unpaired) electrons. The average Bonchev–Trinajstić information content (AvgIpc) is 2.70. The number of rotatable bonds is 10. The number of ether oxygens (including phenoxy) is 2. The number of nitrogens with two attached hydrogens (primary N) is 1. The molecule has 2 aromatic rings. The van der Waals surface area contributed by atoms with E-state index in [2.05, 4.69) is 5.32 Å². The van der Waals surface area contributed by atoms with E-state index in [0.29, 0.717) is 24.7 Å². The highest BCUT2D eigenvalue weighted by molar-refractivity contribution is 5.93. The van der Waals surface area contributed by atoms with Crippen LogP contribution in [-0.4, -0.2) is 30.1 Å². The van der Waals surface area contributed by atoms with Gasteiger partial charge in [-0.25, -0.2) is 0 Å². The first-order chi connectivity index (χ1) is 14.3. The fraction of sp³-hybridized carbons (Fsp3) is 0.381. The summed E-state index contributed by atoms with van der Waals surface area (Å²) in [6.45, 7) is 8.50. The van der Waals surface area contributed by atoms with Crippen LogP contribution < -0.4 is 20.1 Å². The number of quaternary nitrogens is 1. The zero-order valence-corrected chi connectivity index (χ0v) is 17.5. The molecule has 3 N–H and O–H groups in total. The molecule has 1 amide bonds. The van der Waals surface area contributed by atoms with Gasteiger partial charge in [0.1, 0.15) is 6.04 Å². The number of hydrogen-bond donors (Lipinski definition) is 2. The number of halogens is 1. The smallest absolute Gasteiger partial charge is 0.306 e. The molecule has 0 fully saturated rings. The van der Waals surface area contributed by atoms with E-state index in [-0.39, 0.29) is 17.6 Å². The number of amides is 1. The van der Waals surface area contributed by atoms with E-state index in [4.69, 9.17) is 9.47 Å². The van der Waals surface area contributed by atoms with Crippen LogP contribution >= 0.6 is 0 Å². The minimum absolute atomic E-state index is 0.0665. The Morgan fingerprint density at radius 1 is 1.13 bits per heavy atom. The van der Waals surface area contributed by atoms with Crippen LogP contribution in [0.4, 0.5) is 15.8 Å². The molecule has 8 nitrogen and oxygen atoms in total. The lowest BCUT2D eigenvalue weighted by Gasteiger charge is -2.18. The molecule has 0 saturated carbocycles. The summed E-state index contributed by atoms with van der Waals surface area (Å²) in [4.78, 5) is 22.5. The monoisotopic (exact) mass is 420 g/mol. The molecule has 9 heteroatoms. The summed E-state index contributed by atoms with van der Waals surface area (Å²) >= 11 is 0. The lowest BCUT2D eigenvalue weighted by molar-refractivity contribution is -0.709. The Balaban J connectivity index is 2.07. The molecule has 162 valence electrons. The van der Waals surface area contributed by atoms with Gasteiger partial charge < -0.3 is 20.1 Å². The van der Waals surface area contributed by atoms with Crippen molar-refractivity contribution in [1.82, 2.24) is 0 Å². The Morgan fingerprint density at radius 3 is 2.43 bits per heavy atom. The van der Waals surface area contributed by atoms with E-state index < -0.39 is 22.5 Å². The Kier molecular flexibility index (Phi) is 8.11. The van der Waals surface area contributed by atoms with Crippen molar-refractivity contribution in [2.45, 2.75) is 39.8 Å². The SMILES string of the molecule is CCOc1ccc([C@@H](C)[NH2+][C@@H](C)C(=O)Nc2ccc(F)c([N+](=O)[O-])c2)cc1OCC. The number of carbonyl (C=O) groups is 1. The Labute approximate surface area is 174 Å². The van der Waals surface area contributed by atoms with Gasteiger partial charge >= 0.3 is 5.69 Å². The molecular weight excluding hydrogens is 393 g/mol. The molecule has 2 atom stereocenters. The maximum Gasteiger partial charge on any atom is 0.306 e. The number of nitro groups is 1. The Morgan fingerprint density at radius 2 is 1.80 bits per heavy atom. The number of carbonyl (C=O) groups excluding carboxylic acids is 1. The minimum Gasteiger partial charge on any atom is -0.490 e. The summed E-state index contributed by atoms with van der Waals surface area (Å²) in [5.41, 5.74) is 0.440. The number of nitrogens with zero attached hydrogens (tertiary/aromatic N) is 1. The van der Waals surface area contributed by atoms with Crippen molar-refractivity contribution in [3.05, 3.63) is 57.9 Å². The number of benzene rings is 2. The predicted molar refractivity (Wildman–Crippen MR) is 110 cm³/mol. The van der Waals surface area contributed by atoms with Crippen molar-refractivity contribution in [3.63, 3.8) is 0 Å². The molecule has 0 unspecified atom stereocenters. The summed E-state index contributed by atoms with van der Waals surface area (Å²) in [5.74, 6) is 0.0115. The number of nitro benzene ring substituents is 1. The number of hydrogen-bond acceptors (Lipinski definition) is 5.